The number of anilines is 2. The number of carbonyl (C=O) groups is 1. The van der Waals surface area contributed by atoms with Gasteiger partial charge in [-0.25, -0.2) is 22.5 Å². The first-order valence-electron chi connectivity index (χ1n) is 11.1. The third kappa shape index (κ3) is 3.21. The number of imidazole rings is 1. The van der Waals surface area contributed by atoms with Crippen LogP contribution < -0.4 is 9.80 Å². The molecule has 6 rings (SSSR count). The predicted octanol–water partition coefficient (Wildman–Crippen LogP) is 4.48. The Morgan fingerprint density at radius 3 is 2.51 bits per heavy atom. The first-order valence-corrected chi connectivity index (χ1v) is 11.1. The van der Waals surface area contributed by atoms with Crippen molar-refractivity contribution in [1.29, 1.82) is 0 Å². The molecule has 1 amide bonds. The Bertz CT molecular complexity index is 1490. The lowest BCUT2D eigenvalue weighted by molar-refractivity contribution is 0.0257. The number of aromatic nitrogens is 4. The molecule has 2 aromatic carbocycles. The fraction of sp³-hybridized carbons (Fsp3) is 0.292. The van der Waals surface area contributed by atoms with Crippen molar-refractivity contribution in [3.63, 3.8) is 0 Å². The fourth-order valence-electron chi connectivity index (χ4n) is 5.05. The summed E-state index contributed by atoms with van der Waals surface area (Å²) in [6.07, 6.45) is 1.13. The molecule has 180 valence electrons. The van der Waals surface area contributed by atoms with Crippen molar-refractivity contribution in [2.45, 2.75) is 25.3 Å². The van der Waals surface area contributed by atoms with Gasteiger partial charge in [0, 0.05) is 42.6 Å². The average Bonchev–Trinajstić information content (AvgIpc) is 3.54. The topological polar surface area (TPSA) is 70.0 Å². The van der Waals surface area contributed by atoms with Gasteiger partial charge in [0.2, 0.25) is 0 Å². The van der Waals surface area contributed by atoms with Gasteiger partial charge < -0.3 is 9.88 Å². The molecule has 2 aliphatic rings. The zero-order valence-corrected chi connectivity index (χ0v) is 18.8. The Balaban J connectivity index is 1.51. The summed E-state index contributed by atoms with van der Waals surface area (Å²) >= 11 is 0. The number of H-pyrrole nitrogens is 1. The van der Waals surface area contributed by atoms with E-state index in [2.05, 4.69) is 15.1 Å². The summed E-state index contributed by atoms with van der Waals surface area (Å²) in [7, 11) is 1.66. The van der Waals surface area contributed by atoms with Crippen LogP contribution in [0, 0.1) is 18.6 Å². The molecule has 2 aliphatic heterocycles. The van der Waals surface area contributed by atoms with Crippen molar-refractivity contribution in [3.8, 4) is 0 Å². The van der Waals surface area contributed by atoms with Gasteiger partial charge in [-0.2, -0.15) is 5.10 Å². The molecule has 0 saturated carbocycles. The molecule has 0 aliphatic carbocycles. The average molecular weight is 484 g/mol. The summed E-state index contributed by atoms with van der Waals surface area (Å²) in [6.45, 7) is 1.12. The Labute approximate surface area is 197 Å². The number of alkyl halides is 2. The minimum absolute atomic E-state index is 0.00464. The molecule has 1 unspecified atom stereocenters. The van der Waals surface area contributed by atoms with Crippen LogP contribution in [0.2, 0.25) is 0 Å². The minimum atomic E-state index is -2.91. The van der Waals surface area contributed by atoms with Crippen molar-refractivity contribution in [1.82, 2.24) is 19.7 Å². The van der Waals surface area contributed by atoms with E-state index in [9.17, 15) is 13.6 Å². The van der Waals surface area contributed by atoms with Gasteiger partial charge >= 0.3 is 0 Å². The van der Waals surface area contributed by atoms with Crippen LogP contribution in [0.25, 0.3) is 11.0 Å². The standard InChI is InChI=1S/C24H20F4N6O/c1-12-19-21(31-32(12)2)23(35)34(13-3-4-17-18(9-13)30-11-29-17)22(19)20-15(25)7-14(8-16(20)26)33-6-5-24(27,28)10-33/h3-4,7-9,11,22H,5-6,10H2,1-2H3,(H,29,30). The van der Waals surface area contributed by atoms with Gasteiger partial charge in [-0.05, 0) is 37.3 Å². The van der Waals surface area contributed by atoms with Crippen LogP contribution in [-0.4, -0.2) is 44.7 Å². The number of nitrogens with one attached hydrogen (secondary N) is 1. The van der Waals surface area contributed by atoms with E-state index in [4.69, 9.17) is 0 Å². The smallest absolute Gasteiger partial charge is 0.280 e. The van der Waals surface area contributed by atoms with Crippen LogP contribution in [0.1, 0.15) is 39.8 Å². The van der Waals surface area contributed by atoms with Crippen LogP contribution >= 0.6 is 0 Å². The highest BCUT2D eigenvalue weighted by Gasteiger charge is 2.46. The van der Waals surface area contributed by atoms with E-state index in [1.165, 1.54) is 20.8 Å². The maximum Gasteiger partial charge on any atom is 0.280 e. The van der Waals surface area contributed by atoms with Gasteiger partial charge in [0.1, 0.15) is 11.6 Å². The molecule has 0 spiro atoms. The molecular formula is C24H20F4N6O. The van der Waals surface area contributed by atoms with E-state index >= 15 is 8.78 Å². The van der Waals surface area contributed by atoms with Crippen molar-refractivity contribution in [2.75, 3.05) is 22.9 Å². The maximum atomic E-state index is 15.6. The highest BCUT2D eigenvalue weighted by atomic mass is 19.3. The van der Waals surface area contributed by atoms with E-state index in [0.29, 0.717) is 28.0 Å². The molecule has 35 heavy (non-hydrogen) atoms. The second-order valence-corrected chi connectivity index (χ2v) is 9.00. The molecule has 2 aromatic heterocycles. The summed E-state index contributed by atoms with van der Waals surface area (Å²) in [4.78, 5) is 23.2. The number of fused-ring (bicyclic) bond motifs is 2. The van der Waals surface area contributed by atoms with Gasteiger partial charge in [-0.1, -0.05) is 0 Å². The quantitative estimate of drug-likeness (QED) is 0.436. The Kier molecular flexibility index (Phi) is 4.51. The number of hydrogen-bond donors (Lipinski definition) is 1. The first kappa shape index (κ1) is 21.6. The van der Waals surface area contributed by atoms with Crippen LogP contribution in [0.4, 0.5) is 28.9 Å². The number of amides is 1. The number of aryl methyl sites for hydroxylation is 1. The summed E-state index contributed by atoms with van der Waals surface area (Å²) in [5, 5.41) is 4.30. The summed E-state index contributed by atoms with van der Waals surface area (Å²) < 4.78 is 60.1. The minimum Gasteiger partial charge on any atom is -0.365 e. The van der Waals surface area contributed by atoms with E-state index in [0.717, 1.165) is 12.1 Å². The number of benzene rings is 2. The molecule has 0 bridgehead atoms. The van der Waals surface area contributed by atoms with Crippen molar-refractivity contribution in [2.24, 2.45) is 7.05 Å². The lowest BCUT2D eigenvalue weighted by atomic mass is 9.97. The van der Waals surface area contributed by atoms with Crippen LogP contribution in [0.15, 0.2) is 36.7 Å². The largest absolute Gasteiger partial charge is 0.365 e. The SMILES string of the molecule is Cc1c2c(nn1C)C(=O)N(c1ccc3nc[nH]c3c1)C2c1c(F)cc(N2CCC(F)(F)C2)cc1F. The lowest BCUT2D eigenvalue weighted by Crippen LogP contribution is -2.31. The maximum absolute atomic E-state index is 15.6. The second-order valence-electron chi connectivity index (χ2n) is 9.00. The Morgan fingerprint density at radius 2 is 1.83 bits per heavy atom. The third-order valence-corrected chi connectivity index (χ3v) is 6.89. The molecule has 1 saturated heterocycles. The van der Waals surface area contributed by atoms with Gasteiger partial charge in [-0.3, -0.25) is 14.4 Å². The second kappa shape index (κ2) is 7.30. The molecule has 11 heteroatoms. The number of aromatic amines is 1. The molecule has 1 fully saturated rings. The van der Waals surface area contributed by atoms with Crippen molar-refractivity contribution < 1.29 is 22.4 Å². The number of carbonyl (C=O) groups excluding carboxylic acids is 1. The summed E-state index contributed by atoms with van der Waals surface area (Å²) in [6, 6.07) is 6.05. The molecule has 4 heterocycles. The normalized spacial score (nSPS) is 19.3. The zero-order valence-electron chi connectivity index (χ0n) is 18.8. The highest BCUT2D eigenvalue weighted by Crippen LogP contribution is 2.45. The van der Waals surface area contributed by atoms with Gasteiger partial charge in [0.25, 0.3) is 11.8 Å². The number of nitrogens with zero attached hydrogens (tertiary/aromatic N) is 5. The third-order valence-electron chi connectivity index (χ3n) is 6.89. The van der Waals surface area contributed by atoms with Crippen LogP contribution in [0.5, 0.6) is 0 Å². The van der Waals surface area contributed by atoms with Gasteiger partial charge in [0.15, 0.2) is 5.69 Å². The zero-order chi connectivity index (χ0) is 24.6. The fourth-order valence-corrected chi connectivity index (χ4v) is 5.05. The predicted molar refractivity (Wildman–Crippen MR) is 121 cm³/mol. The summed E-state index contributed by atoms with van der Waals surface area (Å²) in [5.41, 5.74) is 2.55. The Hall–Kier alpha value is -3.89. The molecule has 0 radical (unpaired) electrons. The number of hydrogen-bond acceptors (Lipinski definition) is 4. The van der Waals surface area contributed by atoms with Crippen molar-refractivity contribution >= 4 is 28.3 Å². The van der Waals surface area contributed by atoms with Crippen LogP contribution in [-0.2, 0) is 7.05 Å². The van der Waals surface area contributed by atoms with Crippen molar-refractivity contribution in [3.05, 3.63) is 70.8 Å². The van der Waals surface area contributed by atoms with E-state index in [1.54, 1.807) is 32.2 Å². The van der Waals surface area contributed by atoms with E-state index in [1.807, 2.05) is 0 Å². The number of halogens is 4. The molecule has 7 nitrogen and oxygen atoms in total. The van der Waals surface area contributed by atoms with E-state index < -0.39 is 36.1 Å². The molecule has 4 aromatic rings. The monoisotopic (exact) mass is 484 g/mol. The number of rotatable bonds is 3. The summed E-state index contributed by atoms with van der Waals surface area (Å²) in [5.74, 6) is -5.24. The molecule has 1 atom stereocenters. The molecular weight excluding hydrogens is 464 g/mol. The van der Waals surface area contributed by atoms with Gasteiger partial charge in [0.05, 0.1) is 35.5 Å². The molecule has 1 N–H and O–H groups in total. The lowest BCUT2D eigenvalue weighted by Gasteiger charge is -2.28. The van der Waals surface area contributed by atoms with E-state index in [-0.39, 0.29) is 29.9 Å². The highest BCUT2D eigenvalue weighted by molar-refractivity contribution is 6.11. The Morgan fingerprint density at radius 1 is 1.09 bits per heavy atom. The first-order chi connectivity index (χ1) is 16.6. The van der Waals surface area contributed by atoms with Gasteiger partial charge in [-0.15, -0.1) is 0 Å². The van der Waals surface area contributed by atoms with Crippen LogP contribution in [0.3, 0.4) is 0 Å².